The topological polar surface area (TPSA) is 60.2 Å². The van der Waals surface area contributed by atoms with Gasteiger partial charge in [-0.1, -0.05) is 16.8 Å². The number of likely N-dealkylation sites (N-methyl/N-ethyl adjacent to an activating group) is 1. The fourth-order valence-corrected chi connectivity index (χ4v) is 1.91. The molecule has 0 fully saturated rings. The van der Waals surface area contributed by atoms with Crippen molar-refractivity contribution in [2.45, 2.75) is 32.4 Å². The van der Waals surface area contributed by atoms with Gasteiger partial charge in [-0.25, -0.2) is 4.39 Å². The number of ether oxygens (including phenoxy) is 1. The van der Waals surface area contributed by atoms with Crippen LogP contribution in [0.25, 0.3) is 0 Å². The summed E-state index contributed by atoms with van der Waals surface area (Å²) in [6.07, 6.45) is 0.184. The maximum Gasteiger partial charge on any atom is 0.267 e. The van der Waals surface area contributed by atoms with Crippen LogP contribution in [0.15, 0.2) is 22.7 Å². The van der Waals surface area contributed by atoms with Crippen molar-refractivity contribution in [1.82, 2.24) is 15.5 Å². The lowest BCUT2D eigenvalue weighted by atomic mass is 10.2. The fourth-order valence-electron chi connectivity index (χ4n) is 1.70. The van der Waals surface area contributed by atoms with Crippen LogP contribution in [0.4, 0.5) is 4.39 Å². The summed E-state index contributed by atoms with van der Waals surface area (Å²) < 4.78 is 23.8. The molecule has 5 nitrogen and oxygen atoms in total. The molecule has 0 spiro atoms. The van der Waals surface area contributed by atoms with Crippen LogP contribution in [0.3, 0.4) is 0 Å². The minimum absolute atomic E-state index is 0. The number of nitrogens with zero attached hydrogens (tertiary/aromatic N) is 2. The van der Waals surface area contributed by atoms with Crippen LogP contribution in [0.1, 0.15) is 31.7 Å². The third-order valence-electron chi connectivity index (χ3n) is 3.01. The first-order valence-corrected chi connectivity index (χ1v) is 6.99. The van der Waals surface area contributed by atoms with E-state index in [2.05, 4.69) is 15.5 Å². The van der Waals surface area contributed by atoms with Gasteiger partial charge in [-0.3, -0.25) is 0 Å². The summed E-state index contributed by atoms with van der Waals surface area (Å²) in [7, 11) is 1.87. The highest BCUT2D eigenvalue weighted by molar-refractivity contribution is 6.32. The Morgan fingerprint density at radius 1 is 1.41 bits per heavy atom. The molecule has 1 N–H and O–H groups in total. The Bertz CT molecular complexity index is 610. The van der Waals surface area contributed by atoms with Crippen molar-refractivity contribution >= 4 is 24.0 Å². The summed E-state index contributed by atoms with van der Waals surface area (Å²) in [6.45, 7) is 3.78. The first-order valence-electron chi connectivity index (χ1n) is 6.61. The van der Waals surface area contributed by atoms with Crippen molar-refractivity contribution in [2.75, 3.05) is 7.05 Å². The van der Waals surface area contributed by atoms with Gasteiger partial charge < -0.3 is 14.6 Å². The molecule has 2 atom stereocenters. The largest absolute Gasteiger partial charge is 0.479 e. The number of hydrogen-bond donors (Lipinski definition) is 1. The van der Waals surface area contributed by atoms with E-state index in [0.29, 0.717) is 23.9 Å². The van der Waals surface area contributed by atoms with Crippen molar-refractivity contribution in [3.05, 3.63) is 40.8 Å². The third-order valence-corrected chi connectivity index (χ3v) is 3.31. The van der Waals surface area contributed by atoms with Gasteiger partial charge in [0.05, 0.1) is 5.02 Å². The zero-order chi connectivity index (χ0) is 15.4. The molecule has 0 aliphatic carbocycles. The van der Waals surface area contributed by atoms with E-state index in [0.717, 1.165) is 0 Å². The highest BCUT2D eigenvalue weighted by Gasteiger charge is 2.18. The highest BCUT2D eigenvalue weighted by Crippen LogP contribution is 2.29. The number of benzene rings is 1. The Balaban J connectivity index is 0.00000242. The van der Waals surface area contributed by atoms with Crippen LogP contribution in [0, 0.1) is 5.82 Å². The average molecular weight is 350 g/mol. The molecule has 0 saturated heterocycles. The van der Waals surface area contributed by atoms with Crippen LogP contribution >= 0.6 is 24.0 Å². The maximum atomic E-state index is 13.0. The summed E-state index contributed by atoms with van der Waals surface area (Å²) in [4.78, 5) is 4.28. The second-order valence-corrected chi connectivity index (χ2v) is 5.18. The lowest BCUT2D eigenvalue weighted by Gasteiger charge is -2.12. The Morgan fingerprint density at radius 3 is 2.77 bits per heavy atom. The number of aromatic nitrogens is 2. The molecule has 22 heavy (non-hydrogen) atoms. The zero-order valence-electron chi connectivity index (χ0n) is 12.5. The summed E-state index contributed by atoms with van der Waals surface area (Å²) in [5.41, 5.74) is 0. The van der Waals surface area contributed by atoms with Crippen molar-refractivity contribution < 1.29 is 13.7 Å². The molecule has 0 radical (unpaired) electrons. The standard InChI is InChI=1S/C14H17ClFN3O2.ClH/c1-8(17-3)6-13-18-14(21-19-13)9(2)20-12-5-4-10(16)7-11(12)15;/h4-5,7-9,17H,6H2,1-3H3;1H. The molecule has 2 aromatic rings. The first kappa shape index (κ1) is 18.7. The lowest BCUT2D eigenvalue weighted by Crippen LogP contribution is -2.24. The fraction of sp³-hybridized carbons (Fsp3) is 0.429. The monoisotopic (exact) mass is 349 g/mol. The minimum Gasteiger partial charge on any atom is -0.479 e. The molecule has 8 heteroatoms. The van der Waals surface area contributed by atoms with Gasteiger partial charge in [-0.05, 0) is 39.1 Å². The summed E-state index contributed by atoms with van der Waals surface area (Å²) in [6, 6.07) is 4.19. The van der Waals surface area contributed by atoms with Crippen LogP contribution < -0.4 is 10.1 Å². The Hall–Kier alpha value is -1.37. The number of hydrogen-bond acceptors (Lipinski definition) is 5. The average Bonchev–Trinajstić information content (AvgIpc) is 2.90. The van der Waals surface area contributed by atoms with Gasteiger partial charge in [0.1, 0.15) is 11.6 Å². The van der Waals surface area contributed by atoms with Crippen molar-refractivity contribution in [3.63, 3.8) is 0 Å². The van der Waals surface area contributed by atoms with E-state index in [9.17, 15) is 4.39 Å². The molecule has 2 unspecified atom stereocenters. The second kappa shape index (κ2) is 8.31. The summed E-state index contributed by atoms with van der Waals surface area (Å²) in [5, 5.41) is 7.20. The Kier molecular flexibility index (Phi) is 7.06. The van der Waals surface area contributed by atoms with Crippen LogP contribution in [-0.2, 0) is 6.42 Å². The Labute approximate surface area is 139 Å². The first-order chi connectivity index (χ1) is 9.99. The molecule has 0 aliphatic rings. The molecule has 1 aromatic heterocycles. The van der Waals surface area contributed by atoms with Gasteiger partial charge in [0.2, 0.25) is 0 Å². The maximum absolute atomic E-state index is 13.0. The molecule has 122 valence electrons. The minimum atomic E-state index is -0.473. The molecular weight excluding hydrogens is 332 g/mol. The quantitative estimate of drug-likeness (QED) is 0.863. The predicted molar refractivity (Wildman–Crippen MR) is 84.2 cm³/mol. The van der Waals surface area contributed by atoms with E-state index in [1.807, 2.05) is 14.0 Å². The number of halogens is 3. The molecule has 2 rings (SSSR count). The van der Waals surface area contributed by atoms with Crippen molar-refractivity contribution in [1.29, 1.82) is 0 Å². The van der Waals surface area contributed by atoms with Crippen LogP contribution in [-0.4, -0.2) is 23.2 Å². The second-order valence-electron chi connectivity index (χ2n) is 4.78. The molecule has 0 aliphatic heterocycles. The van der Waals surface area contributed by atoms with Crippen LogP contribution in [0.5, 0.6) is 5.75 Å². The van der Waals surface area contributed by atoms with E-state index in [4.69, 9.17) is 20.9 Å². The smallest absolute Gasteiger partial charge is 0.267 e. The van der Waals surface area contributed by atoms with Gasteiger partial charge in [0.15, 0.2) is 11.9 Å². The van der Waals surface area contributed by atoms with E-state index in [1.54, 1.807) is 6.92 Å². The van der Waals surface area contributed by atoms with Crippen LogP contribution in [0.2, 0.25) is 5.02 Å². The van der Waals surface area contributed by atoms with E-state index in [-0.39, 0.29) is 23.5 Å². The van der Waals surface area contributed by atoms with Gasteiger partial charge in [-0.2, -0.15) is 4.98 Å². The molecular formula is C14H18Cl2FN3O2. The van der Waals surface area contributed by atoms with E-state index < -0.39 is 11.9 Å². The molecule has 1 aromatic carbocycles. The highest BCUT2D eigenvalue weighted by atomic mass is 35.5. The van der Waals surface area contributed by atoms with Gasteiger partial charge >= 0.3 is 0 Å². The number of rotatable bonds is 6. The molecule has 0 saturated carbocycles. The predicted octanol–water partition coefficient (Wildman–Crippen LogP) is 3.57. The van der Waals surface area contributed by atoms with Crippen molar-refractivity contribution in [2.24, 2.45) is 0 Å². The SMILES string of the molecule is CNC(C)Cc1noc(C(C)Oc2ccc(F)cc2Cl)n1.Cl. The lowest BCUT2D eigenvalue weighted by molar-refractivity contribution is 0.175. The van der Waals surface area contributed by atoms with Crippen molar-refractivity contribution in [3.8, 4) is 5.75 Å². The normalized spacial score (nSPS) is 13.3. The number of nitrogens with one attached hydrogen (secondary N) is 1. The van der Waals surface area contributed by atoms with Gasteiger partial charge in [-0.15, -0.1) is 12.4 Å². The van der Waals surface area contributed by atoms with E-state index in [1.165, 1.54) is 18.2 Å². The zero-order valence-corrected chi connectivity index (χ0v) is 14.0. The van der Waals surface area contributed by atoms with Gasteiger partial charge in [0.25, 0.3) is 5.89 Å². The Morgan fingerprint density at radius 2 is 2.14 bits per heavy atom. The molecule has 1 heterocycles. The third kappa shape index (κ3) is 4.83. The summed E-state index contributed by atoms with van der Waals surface area (Å²) >= 11 is 5.91. The molecule has 0 amide bonds. The van der Waals surface area contributed by atoms with E-state index >= 15 is 0 Å². The summed E-state index contributed by atoms with van der Waals surface area (Å²) in [5.74, 6) is 0.913. The molecule has 0 bridgehead atoms. The van der Waals surface area contributed by atoms with Gasteiger partial charge in [0, 0.05) is 12.5 Å².